The number of carbonyl (C=O) groups is 1. The zero-order valence-corrected chi connectivity index (χ0v) is 15.6. The predicted octanol–water partition coefficient (Wildman–Crippen LogP) is 5.17. The quantitative estimate of drug-likeness (QED) is 0.451. The van der Waals surface area contributed by atoms with E-state index in [0.717, 1.165) is 0 Å². The number of carbonyl (C=O) groups excluding carboxylic acids is 1. The largest absolute Gasteiger partial charge is 0.455 e. The summed E-state index contributed by atoms with van der Waals surface area (Å²) in [6.45, 7) is 0. The molecule has 1 amide bonds. The molecule has 0 aliphatic heterocycles. The molecule has 0 radical (unpaired) electrons. The molecule has 0 aliphatic carbocycles. The van der Waals surface area contributed by atoms with Crippen LogP contribution in [0.5, 0.6) is 0 Å². The van der Waals surface area contributed by atoms with Crippen molar-refractivity contribution in [3.63, 3.8) is 0 Å². The molecule has 3 aromatic rings. The third-order valence-electron chi connectivity index (χ3n) is 3.15. The van der Waals surface area contributed by atoms with E-state index in [9.17, 15) is 4.79 Å². The van der Waals surface area contributed by atoms with E-state index < -0.39 is 0 Å². The molecule has 0 bridgehead atoms. The molecule has 0 aliphatic rings. The molecule has 25 heavy (non-hydrogen) atoms. The number of amides is 1. The van der Waals surface area contributed by atoms with E-state index in [-0.39, 0.29) is 5.91 Å². The first-order valence-corrected chi connectivity index (χ1v) is 8.57. The van der Waals surface area contributed by atoms with Gasteiger partial charge in [0.05, 0.1) is 16.8 Å². The van der Waals surface area contributed by atoms with Crippen LogP contribution in [0.25, 0.3) is 11.3 Å². The summed E-state index contributed by atoms with van der Waals surface area (Å²) < 4.78 is 6.36. The van der Waals surface area contributed by atoms with Crippen molar-refractivity contribution >= 4 is 51.3 Å². The second-order valence-corrected chi connectivity index (χ2v) is 6.68. The lowest BCUT2D eigenvalue weighted by Gasteiger charge is -2.01. The summed E-state index contributed by atoms with van der Waals surface area (Å²) in [5.41, 5.74) is 3.47. The number of aromatic nitrogens is 1. The van der Waals surface area contributed by atoms with Crippen LogP contribution in [-0.2, 0) is 0 Å². The van der Waals surface area contributed by atoms with Crippen LogP contribution in [0, 0.1) is 0 Å². The maximum absolute atomic E-state index is 11.9. The second kappa shape index (κ2) is 7.82. The third kappa shape index (κ3) is 4.48. The number of furan rings is 1. The van der Waals surface area contributed by atoms with Gasteiger partial charge in [-0.25, -0.2) is 5.43 Å². The van der Waals surface area contributed by atoms with E-state index in [4.69, 9.17) is 27.6 Å². The molecule has 0 unspecified atom stereocenters. The molecule has 1 N–H and O–H groups in total. The van der Waals surface area contributed by atoms with Gasteiger partial charge in [-0.2, -0.15) is 5.10 Å². The fourth-order valence-corrected chi connectivity index (χ4v) is 2.76. The summed E-state index contributed by atoms with van der Waals surface area (Å²) in [4.78, 5) is 15.9. The highest BCUT2D eigenvalue weighted by atomic mass is 79.9. The smallest absolute Gasteiger partial charge is 0.272 e. The van der Waals surface area contributed by atoms with Crippen molar-refractivity contribution in [1.29, 1.82) is 0 Å². The number of hydrogen-bond acceptors (Lipinski definition) is 4. The van der Waals surface area contributed by atoms with Crippen LogP contribution in [0.3, 0.4) is 0 Å². The molecule has 3 rings (SSSR count). The van der Waals surface area contributed by atoms with Crippen LogP contribution in [0.2, 0.25) is 10.0 Å². The lowest BCUT2D eigenvalue weighted by Crippen LogP contribution is -2.17. The molecule has 5 nitrogen and oxygen atoms in total. The molecule has 8 heteroatoms. The first kappa shape index (κ1) is 17.7. The van der Waals surface area contributed by atoms with Gasteiger partial charge in [-0.05, 0) is 52.3 Å². The normalized spacial score (nSPS) is 11.0. The average molecular weight is 439 g/mol. The molecule has 2 heterocycles. The van der Waals surface area contributed by atoms with Crippen molar-refractivity contribution in [3.8, 4) is 11.3 Å². The summed E-state index contributed by atoms with van der Waals surface area (Å²) in [7, 11) is 0. The number of nitrogens with one attached hydrogen (secondary N) is 1. The zero-order chi connectivity index (χ0) is 17.8. The number of hydrogen-bond donors (Lipinski definition) is 1. The van der Waals surface area contributed by atoms with Crippen LogP contribution in [-0.4, -0.2) is 17.1 Å². The second-order valence-electron chi connectivity index (χ2n) is 4.92. The first-order valence-electron chi connectivity index (χ1n) is 7.02. The van der Waals surface area contributed by atoms with E-state index in [1.807, 2.05) is 0 Å². The highest BCUT2D eigenvalue weighted by molar-refractivity contribution is 9.10. The van der Waals surface area contributed by atoms with Gasteiger partial charge in [-0.15, -0.1) is 0 Å². The fourth-order valence-electron chi connectivity index (χ4n) is 2.01. The van der Waals surface area contributed by atoms with Gasteiger partial charge in [0.15, 0.2) is 0 Å². The Hall–Kier alpha value is -2.15. The Morgan fingerprint density at radius 2 is 2.04 bits per heavy atom. The SMILES string of the molecule is O=C(NN=Cc1ccc(-c2cc(Cl)ccc2Cl)o1)c1cncc(Br)c1. The molecule has 126 valence electrons. The van der Waals surface area contributed by atoms with Gasteiger partial charge >= 0.3 is 0 Å². The maximum atomic E-state index is 11.9. The summed E-state index contributed by atoms with van der Waals surface area (Å²) >= 11 is 15.4. The maximum Gasteiger partial charge on any atom is 0.272 e. The Balaban J connectivity index is 1.70. The van der Waals surface area contributed by atoms with Gasteiger partial charge in [0.25, 0.3) is 5.91 Å². The van der Waals surface area contributed by atoms with E-state index in [2.05, 4.69) is 31.4 Å². The van der Waals surface area contributed by atoms with Gasteiger partial charge in [0.2, 0.25) is 0 Å². The van der Waals surface area contributed by atoms with E-state index in [1.54, 1.807) is 42.6 Å². The molecular weight excluding hydrogens is 429 g/mol. The Bertz CT molecular complexity index is 957. The van der Waals surface area contributed by atoms with Crippen molar-refractivity contribution in [1.82, 2.24) is 10.4 Å². The van der Waals surface area contributed by atoms with Crippen LogP contribution < -0.4 is 5.43 Å². The number of halogens is 3. The van der Waals surface area contributed by atoms with Crippen molar-refractivity contribution < 1.29 is 9.21 Å². The van der Waals surface area contributed by atoms with E-state index >= 15 is 0 Å². The fraction of sp³-hybridized carbons (Fsp3) is 0. The minimum atomic E-state index is -0.380. The van der Waals surface area contributed by atoms with Gasteiger partial charge in [-0.1, -0.05) is 23.2 Å². The van der Waals surface area contributed by atoms with Gasteiger partial charge in [0.1, 0.15) is 11.5 Å². The number of benzene rings is 1. The Labute approximate surface area is 161 Å². The molecule has 2 aromatic heterocycles. The van der Waals surface area contributed by atoms with Crippen molar-refractivity contribution in [2.75, 3.05) is 0 Å². The summed E-state index contributed by atoms with van der Waals surface area (Å²) in [6.07, 6.45) is 4.43. The Morgan fingerprint density at radius 1 is 1.20 bits per heavy atom. The minimum absolute atomic E-state index is 0.380. The molecule has 0 saturated carbocycles. The summed E-state index contributed by atoms with van der Waals surface area (Å²) in [5, 5.41) is 4.96. The van der Waals surface area contributed by atoms with Crippen molar-refractivity contribution in [2.45, 2.75) is 0 Å². The predicted molar refractivity (Wildman–Crippen MR) is 101 cm³/mol. The third-order valence-corrected chi connectivity index (χ3v) is 4.14. The van der Waals surface area contributed by atoms with Gasteiger partial charge in [0, 0.05) is 27.5 Å². The van der Waals surface area contributed by atoms with E-state index in [0.29, 0.717) is 37.2 Å². The van der Waals surface area contributed by atoms with Crippen molar-refractivity contribution in [2.24, 2.45) is 5.10 Å². The Kier molecular flexibility index (Phi) is 5.53. The van der Waals surface area contributed by atoms with Gasteiger partial charge < -0.3 is 4.42 Å². The van der Waals surface area contributed by atoms with Crippen molar-refractivity contribution in [3.05, 3.63) is 74.6 Å². The van der Waals surface area contributed by atoms with Gasteiger partial charge in [-0.3, -0.25) is 9.78 Å². The number of rotatable bonds is 4. The molecule has 0 fully saturated rings. The lowest BCUT2D eigenvalue weighted by atomic mass is 10.2. The summed E-state index contributed by atoms with van der Waals surface area (Å²) in [5.74, 6) is 0.630. The highest BCUT2D eigenvalue weighted by Crippen LogP contribution is 2.31. The van der Waals surface area contributed by atoms with Crippen LogP contribution in [0.1, 0.15) is 16.1 Å². The monoisotopic (exact) mass is 437 g/mol. The molecule has 0 saturated heterocycles. The number of nitrogens with zero attached hydrogens (tertiary/aromatic N) is 2. The van der Waals surface area contributed by atoms with E-state index in [1.165, 1.54) is 12.4 Å². The first-order chi connectivity index (χ1) is 12.0. The van der Waals surface area contributed by atoms with Crippen LogP contribution >= 0.6 is 39.1 Å². The lowest BCUT2D eigenvalue weighted by molar-refractivity contribution is 0.0954. The molecular formula is C17H10BrCl2N3O2. The number of pyridine rings is 1. The minimum Gasteiger partial charge on any atom is -0.455 e. The zero-order valence-electron chi connectivity index (χ0n) is 12.5. The average Bonchev–Trinajstić information content (AvgIpc) is 3.05. The van der Waals surface area contributed by atoms with Crippen LogP contribution in [0.15, 0.2) is 62.8 Å². The highest BCUT2D eigenvalue weighted by Gasteiger charge is 2.09. The van der Waals surface area contributed by atoms with Crippen LogP contribution in [0.4, 0.5) is 0 Å². The molecule has 0 atom stereocenters. The molecule has 0 spiro atoms. The summed E-state index contributed by atoms with van der Waals surface area (Å²) in [6, 6.07) is 10.2. The topological polar surface area (TPSA) is 67.5 Å². The molecule has 1 aromatic carbocycles. The Morgan fingerprint density at radius 3 is 2.84 bits per heavy atom. The standard InChI is InChI=1S/C17H10BrCl2N3O2/c18-11-5-10(7-21-8-11)17(24)23-22-9-13-2-4-16(25-13)14-6-12(19)1-3-15(14)20/h1-9H,(H,23,24). The number of hydrazone groups is 1.